The summed E-state index contributed by atoms with van der Waals surface area (Å²) in [5.41, 5.74) is 2.03. The summed E-state index contributed by atoms with van der Waals surface area (Å²) in [6.45, 7) is 17.9. The number of allylic oxidation sites excluding steroid dienone is 4. The molecule has 0 rings (SSSR count). The van der Waals surface area contributed by atoms with Crippen LogP contribution >= 0.6 is 0 Å². The minimum Gasteiger partial charge on any atom is -0.0848 e. The normalized spacial score (nSPS) is 14.2. The molecule has 1 atom stereocenters. The molecule has 0 aliphatic carbocycles. The van der Waals surface area contributed by atoms with Crippen LogP contribution in [0.15, 0.2) is 23.8 Å². The lowest BCUT2D eigenvalue weighted by Crippen LogP contribution is -2.12. The van der Waals surface area contributed by atoms with E-state index in [4.69, 9.17) is 0 Å². The number of hydrogen-bond acceptors (Lipinski definition) is 0. The zero-order chi connectivity index (χ0) is 15.3. The first-order valence-corrected chi connectivity index (χ1v) is 8.26. The van der Waals surface area contributed by atoms with Gasteiger partial charge in [0, 0.05) is 0 Å². The van der Waals surface area contributed by atoms with Crippen molar-refractivity contribution in [3.8, 4) is 0 Å². The Morgan fingerprint density at radius 2 is 1.68 bits per heavy atom. The topological polar surface area (TPSA) is 0 Å². The van der Waals surface area contributed by atoms with Crippen molar-refractivity contribution in [3.63, 3.8) is 0 Å². The highest BCUT2D eigenvalue weighted by atomic mass is 14.2. The fraction of sp³-hybridized carbons (Fsp3) is 0.789. The van der Waals surface area contributed by atoms with Crippen molar-refractivity contribution in [2.45, 2.75) is 87.5 Å². The number of rotatable bonds is 8. The Balaban J connectivity index is 0. The van der Waals surface area contributed by atoms with Gasteiger partial charge < -0.3 is 0 Å². The molecule has 0 aliphatic rings. The molecule has 1 unspecified atom stereocenters. The summed E-state index contributed by atoms with van der Waals surface area (Å²) in [5.74, 6) is 0.715. The number of hydrogen-bond donors (Lipinski definition) is 0. The van der Waals surface area contributed by atoms with Crippen LogP contribution in [0.1, 0.15) is 87.5 Å². The Hall–Kier alpha value is -0.520. The molecule has 0 N–H and O–H groups in total. The lowest BCUT2D eigenvalue weighted by Gasteiger charge is -2.26. The Bertz CT molecular complexity index is 243. The highest BCUT2D eigenvalue weighted by Gasteiger charge is 2.17. The zero-order valence-electron chi connectivity index (χ0n) is 14.8. The molecule has 0 radical (unpaired) electrons. The molecule has 0 aromatic rings. The van der Waals surface area contributed by atoms with Crippen LogP contribution < -0.4 is 0 Å². The maximum absolute atomic E-state index is 2.40. The lowest BCUT2D eigenvalue weighted by atomic mass is 9.80. The Morgan fingerprint density at radius 1 is 1.11 bits per heavy atom. The first-order chi connectivity index (χ1) is 8.93. The summed E-state index contributed by atoms with van der Waals surface area (Å²) < 4.78 is 0. The molecule has 0 aromatic heterocycles. The maximum atomic E-state index is 2.40. The van der Waals surface area contributed by atoms with Crippen LogP contribution in [0, 0.1) is 11.3 Å². The average molecular weight is 267 g/mol. The van der Waals surface area contributed by atoms with E-state index in [0.29, 0.717) is 11.3 Å². The highest BCUT2D eigenvalue weighted by molar-refractivity contribution is 5.12. The molecule has 114 valence electrons. The van der Waals surface area contributed by atoms with Crippen molar-refractivity contribution >= 4 is 0 Å². The van der Waals surface area contributed by atoms with E-state index in [-0.39, 0.29) is 0 Å². The third kappa shape index (κ3) is 12.3. The van der Waals surface area contributed by atoms with Crippen LogP contribution in [0.2, 0.25) is 0 Å². The van der Waals surface area contributed by atoms with E-state index in [1.807, 2.05) is 13.8 Å². The molecule has 0 bridgehead atoms. The van der Waals surface area contributed by atoms with Crippen molar-refractivity contribution in [2.24, 2.45) is 11.3 Å². The largest absolute Gasteiger partial charge is 0.0848 e. The van der Waals surface area contributed by atoms with E-state index in [2.05, 4.69) is 59.8 Å². The SMILES string of the molecule is CC.CC/C=C\C=C(/C)C(C)CCC(C)(C)CCC. The Morgan fingerprint density at radius 3 is 2.16 bits per heavy atom. The quantitative estimate of drug-likeness (QED) is 0.408. The van der Waals surface area contributed by atoms with E-state index in [1.165, 1.54) is 31.3 Å². The van der Waals surface area contributed by atoms with Gasteiger partial charge in [0.2, 0.25) is 0 Å². The monoisotopic (exact) mass is 266 g/mol. The van der Waals surface area contributed by atoms with Gasteiger partial charge in [-0.2, -0.15) is 0 Å². The van der Waals surface area contributed by atoms with E-state index in [0.717, 1.165) is 6.42 Å². The van der Waals surface area contributed by atoms with Gasteiger partial charge in [0.05, 0.1) is 0 Å². The molecule has 0 saturated carbocycles. The molecule has 0 spiro atoms. The van der Waals surface area contributed by atoms with Crippen LogP contribution in [-0.4, -0.2) is 0 Å². The van der Waals surface area contributed by atoms with E-state index >= 15 is 0 Å². The van der Waals surface area contributed by atoms with Crippen molar-refractivity contribution in [3.05, 3.63) is 23.8 Å². The third-order valence-electron chi connectivity index (χ3n) is 3.69. The zero-order valence-corrected chi connectivity index (χ0v) is 14.8. The van der Waals surface area contributed by atoms with Gasteiger partial charge in [-0.1, -0.05) is 78.7 Å². The summed E-state index contributed by atoms with van der Waals surface area (Å²) in [5, 5.41) is 0. The van der Waals surface area contributed by atoms with Crippen LogP contribution in [0.4, 0.5) is 0 Å². The van der Waals surface area contributed by atoms with Gasteiger partial charge in [-0.3, -0.25) is 0 Å². The van der Waals surface area contributed by atoms with Crippen molar-refractivity contribution in [1.29, 1.82) is 0 Å². The molecule has 0 saturated heterocycles. The van der Waals surface area contributed by atoms with E-state index in [9.17, 15) is 0 Å². The van der Waals surface area contributed by atoms with Gasteiger partial charge in [-0.05, 0) is 43.9 Å². The first kappa shape index (κ1) is 20.8. The van der Waals surface area contributed by atoms with E-state index in [1.54, 1.807) is 0 Å². The van der Waals surface area contributed by atoms with Crippen molar-refractivity contribution < 1.29 is 0 Å². The van der Waals surface area contributed by atoms with Gasteiger partial charge in [0.25, 0.3) is 0 Å². The Kier molecular flexibility index (Phi) is 13.7. The van der Waals surface area contributed by atoms with Crippen LogP contribution in [-0.2, 0) is 0 Å². The molecule has 0 fully saturated rings. The smallest absolute Gasteiger partial charge is 0.0231 e. The van der Waals surface area contributed by atoms with Gasteiger partial charge in [-0.15, -0.1) is 0 Å². The van der Waals surface area contributed by atoms with Gasteiger partial charge in [0.15, 0.2) is 0 Å². The summed E-state index contributed by atoms with van der Waals surface area (Å²) in [7, 11) is 0. The standard InChI is InChI=1S/C17H32.C2H6/c1-7-9-10-11-15(3)16(4)12-14-17(5,6)13-8-2;1-2/h9-11,16H,7-8,12-14H2,1-6H3;1-2H3/b10-9-,15-11+;. The maximum Gasteiger partial charge on any atom is -0.0231 e. The fourth-order valence-electron chi connectivity index (χ4n) is 2.16. The third-order valence-corrected chi connectivity index (χ3v) is 3.69. The minimum atomic E-state index is 0.516. The molecule has 0 aromatic carbocycles. The van der Waals surface area contributed by atoms with Crippen LogP contribution in [0.25, 0.3) is 0 Å². The molecule has 0 nitrogen and oxygen atoms in total. The van der Waals surface area contributed by atoms with Crippen LogP contribution in [0.3, 0.4) is 0 Å². The highest BCUT2D eigenvalue weighted by Crippen LogP contribution is 2.31. The summed E-state index contributed by atoms with van der Waals surface area (Å²) in [6.07, 6.45) is 13.1. The second-order valence-corrected chi connectivity index (χ2v) is 6.10. The van der Waals surface area contributed by atoms with Gasteiger partial charge >= 0.3 is 0 Å². The van der Waals surface area contributed by atoms with Crippen LogP contribution in [0.5, 0.6) is 0 Å². The lowest BCUT2D eigenvalue weighted by molar-refractivity contribution is 0.282. The summed E-state index contributed by atoms with van der Waals surface area (Å²) >= 11 is 0. The fourth-order valence-corrected chi connectivity index (χ4v) is 2.16. The predicted molar refractivity (Wildman–Crippen MR) is 91.6 cm³/mol. The first-order valence-electron chi connectivity index (χ1n) is 8.26. The molecular formula is C19H38. The molecule has 0 heteroatoms. The minimum absolute atomic E-state index is 0.516. The molecule has 0 heterocycles. The second-order valence-electron chi connectivity index (χ2n) is 6.10. The molecule has 0 aliphatic heterocycles. The predicted octanol–water partition coefficient (Wildman–Crippen LogP) is 7.17. The Labute approximate surface area is 123 Å². The summed E-state index contributed by atoms with van der Waals surface area (Å²) in [4.78, 5) is 0. The van der Waals surface area contributed by atoms with Gasteiger partial charge in [0.1, 0.15) is 0 Å². The molecule has 19 heavy (non-hydrogen) atoms. The molecule has 0 amide bonds. The van der Waals surface area contributed by atoms with Crippen molar-refractivity contribution in [1.82, 2.24) is 0 Å². The van der Waals surface area contributed by atoms with Gasteiger partial charge in [-0.25, -0.2) is 0 Å². The molecular weight excluding hydrogens is 228 g/mol. The van der Waals surface area contributed by atoms with E-state index < -0.39 is 0 Å². The summed E-state index contributed by atoms with van der Waals surface area (Å²) in [6, 6.07) is 0. The van der Waals surface area contributed by atoms with Crippen molar-refractivity contribution in [2.75, 3.05) is 0 Å². The average Bonchev–Trinajstić information content (AvgIpc) is 2.38. The second kappa shape index (κ2) is 12.5.